The normalized spacial score (nSPS) is 10.5. The Morgan fingerprint density at radius 2 is 1.59 bits per heavy atom. The van der Waals surface area contributed by atoms with Gasteiger partial charge in [-0.25, -0.2) is 0 Å². The fourth-order valence-corrected chi connectivity index (χ4v) is 1.88. The molecule has 0 spiro atoms. The maximum Gasteiger partial charge on any atom is 0.269 e. The molecule has 2 N–H and O–H groups in total. The van der Waals surface area contributed by atoms with Crippen LogP contribution in [0.4, 0.5) is 0 Å². The lowest BCUT2D eigenvalue weighted by molar-refractivity contribution is -0.117. The van der Waals surface area contributed by atoms with Crippen LogP contribution in [0.3, 0.4) is 0 Å². The van der Waals surface area contributed by atoms with Crippen molar-refractivity contribution in [1.29, 1.82) is 0 Å². The second-order valence-electron chi connectivity index (χ2n) is 5.00. The highest BCUT2D eigenvalue weighted by Gasteiger charge is 2.05. The van der Waals surface area contributed by atoms with E-state index in [1.165, 1.54) is 6.08 Å². The van der Waals surface area contributed by atoms with E-state index in [9.17, 15) is 9.59 Å². The minimum absolute atomic E-state index is 0.349. The number of rotatable bonds is 3. The number of aryl methyl sites for hydroxylation is 2. The first-order chi connectivity index (χ1) is 10.6. The lowest BCUT2D eigenvalue weighted by Crippen LogP contribution is -2.40. The topological polar surface area (TPSA) is 58.2 Å². The van der Waals surface area contributed by atoms with Crippen LogP contribution in [0, 0.1) is 13.8 Å². The minimum Gasteiger partial charge on any atom is -0.268 e. The van der Waals surface area contributed by atoms with Gasteiger partial charge in [-0.15, -0.1) is 0 Å². The second kappa shape index (κ2) is 7.22. The van der Waals surface area contributed by atoms with Crippen LogP contribution >= 0.6 is 0 Å². The van der Waals surface area contributed by atoms with Crippen molar-refractivity contribution in [2.45, 2.75) is 13.8 Å². The van der Waals surface area contributed by atoms with Gasteiger partial charge < -0.3 is 0 Å². The Hall–Kier alpha value is -2.88. The fraction of sp³-hybridized carbons (Fsp3) is 0.111. The van der Waals surface area contributed by atoms with Gasteiger partial charge in [0.2, 0.25) is 0 Å². The van der Waals surface area contributed by atoms with E-state index in [1.54, 1.807) is 18.2 Å². The Labute approximate surface area is 129 Å². The summed E-state index contributed by atoms with van der Waals surface area (Å²) in [5.41, 5.74) is 8.34. The van der Waals surface area contributed by atoms with Crippen LogP contribution in [0.2, 0.25) is 0 Å². The highest BCUT2D eigenvalue weighted by atomic mass is 16.2. The van der Waals surface area contributed by atoms with Gasteiger partial charge in [0.15, 0.2) is 0 Å². The van der Waals surface area contributed by atoms with Gasteiger partial charge in [-0.1, -0.05) is 42.0 Å². The first-order valence-electron chi connectivity index (χ1n) is 6.97. The molecule has 0 saturated heterocycles. The predicted molar refractivity (Wildman–Crippen MR) is 87.0 cm³/mol. The lowest BCUT2D eigenvalue weighted by atomic mass is 10.1. The third-order valence-electron chi connectivity index (χ3n) is 3.22. The molecular weight excluding hydrogens is 276 g/mol. The minimum atomic E-state index is -0.385. The Morgan fingerprint density at radius 3 is 2.27 bits per heavy atom. The van der Waals surface area contributed by atoms with E-state index in [0.717, 1.165) is 16.7 Å². The summed E-state index contributed by atoms with van der Waals surface area (Å²) in [6.07, 6.45) is 3.10. The molecule has 0 fully saturated rings. The summed E-state index contributed by atoms with van der Waals surface area (Å²) in [5.74, 6) is -0.735. The van der Waals surface area contributed by atoms with E-state index in [2.05, 4.69) is 10.9 Å². The zero-order chi connectivity index (χ0) is 15.9. The summed E-state index contributed by atoms with van der Waals surface area (Å²) in [4.78, 5) is 23.5. The monoisotopic (exact) mass is 294 g/mol. The van der Waals surface area contributed by atoms with Gasteiger partial charge in [0.05, 0.1) is 0 Å². The van der Waals surface area contributed by atoms with Crippen LogP contribution in [-0.4, -0.2) is 11.8 Å². The van der Waals surface area contributed by atoms with Crippen LogP contribution in [0.25, 0.3) is 6.08 Å². The number of benzene rings is 2. The van der Waals surface area contributed by atoms with E-state index in [1.807, 2.05) is 50.2 Å². The van der Waals surface area contributed by atoms with Crippen LogP contribution in [0.5, 0.6) is 0 Å². The van der Waals surface area contributed by atoms with Gasteiger partial charge in [-0.3, -0.25) is 20.4 Å². The highest BCUT2D eigenvalue weighted by Crippen LogP contribution is 2.08. The Morgan fingerprint density at radius 1 is 0.909 bits per heavy atom. The summed E-state index contributed by atoms with van der Waals surface area (Å²) >= 11 is 0. The number of carbonyl (C=O) groups is 2. The molecule has 0 aliphatic heterocycles. The smallest absolute Gasteiger partial charge is 0.268 e. The molecular formula is C18H18N2O2. The van der Waals surface area contributed by atoms with Gasteiger partial charge in [0, 0.05) is 11.6 Å². The summed E-state index contributed by atoms with van der Waals surface area (Å²) in [5, 5.41) is 0. The zero-order valence-electron chi connectivity index (χ0n) is 12.6. The molecule has 2 aromatic rings. The third-order valence-corrected chi connectivity index (χ3v) is 3.22. The molecule has 2 aromatic carbocycles. The number of nitrogens with one attached hydrogen (secondary N) is 2. The van der Waals surface area contributed by atoms with Crippen molar-refractivity contribution in [2.75, 3.05) is 0 Å². The number of carbonyl (C=O) groups excluding carboxylic acids is 2. The van der Waals surface area contributed by atoms with E-state index in [0.29, 0.717) is 5.56 Å². The van der Waals surface area contributed by atoms with Crippen molar-refractivity contribution >= 4 is 17.9 Å². The number of amides is 2. The van der Waals surface area contributed by atoms with Crippen molar-refractivity contribution in [1.82, 2.24) is 10.9 Å². The van der Waals surface area contributed by atoms with E-state index in [-0.39, 0.29) is 11.8 Å². The van der Waals surface area contributed by atoms with Crippen molar-refractivity contribution in [3.05, 3.63) is 76.9 Å². The standard InChI is InChI=1S/C18H18N2O2/c1-13-7-9-16(10-8-13)18(22)20-19-17(21)12-11-15-6-4-3-5-14(15)2/h3-12H,1-2H3,(H,19,21)(H,20,22)/b12-11+. The summed E-state index contributed by atoms with van der Waals surface area (Å²) in [6.45, 7) is 3.91. The van der Waals surface area contributed by atoms with Crippen molar-refractivity contribution in [3.63, 3.8) is 0 Å². The average Bonchev–Trinajstić information content (AvgIpc) is 2.52. The van der Waals surface area contributed by atoms with Crippen LogP contribution in [-0.2, 0) is 4.79 Å². The molecule has 0 bridgehead atoms. The van der Waals surface area contributed by atoms with Gasteiger partial charge in [0.25, 0.3) is 11.8 Å². The molecule has 0 aliphatic carbocycles. The summed E-state index contributed by atoms with van der Waals surface area (Å²) in [6, 6.07) is 14.8. The van der Waals surface area contributed by atoms with Gasteiger partial charge in [-0.2, -0.15) is 0 Å². The quantitative estimate of drug-likeness (QED) is 0.675. The van der Waals surface area contributed by atoms with Gasteiger partial charge >= 0.3 is 0 Å². The zero-order valence-corrected chi connectivity index (χ0v) is 12.6. The molecule has 4 heteroatoms. The lowest BCUT2D eigenvalue weighted by Gasteiger charge is -2.05. The van der Waals surface area contributed by atoms with Crippen molar-refractivity contribution < 1.29 is 9.59 Å². The van der Waals surface area contributed by atoms with Gasteiger partial charge in [-0.05, 0) is 43.2 Å². The molecule has 22 heavy (non-hydrogen) atoms. The van der Waals surface area contributed by atoms with E-state index < -0.39 is 0 Å². The van der Waals surface area contributed by atoms with Crippen LogP contribution < -0.4 is 10.9 Å². The third kappa shape index (κ3) is 4.31. The van der Waals surface area contributed by atoms with E-state index in [4.69, 9.17) is 0 Å². The molecule has 0 aliphatic rings. The van der Waals surface area contributed by atoms with Crippen molar-refractivity contribution in [3.8, 4) is 0 Å². The van der Waals surface area contributed by atoms with Crippen LogP contribution in [0.1, 0.15) is 27.0 Å². The molecule has 0 heterocycles. The summed E-state index contributed by atoms with van der Waals surface area (Å²) in [7, 11) is 0. The molecule has 4 nitrogen and oxygen atoms in total. The molecule has 2 rings (SSSR count). The predicted octanol–water partition coefficient (Wildman–Crippen LogP) is 2.78. The number of hydrogen-bond donors (Lipinski definition) is 2. The molecule has 0 aromatic heterocycles. The Kier molecular flexibility index (Phi) is 5.09. The Balaban J connectivity index is 1.89. The van der Waals surface area contributed by atoms with Crippen molar-refractivity contribution in [2.24, 2.45) is 0 Å². The maximum atomic E-state index is 11.8. The number of hydrogen-bond acceptors (Lipinski definition) is 2. The molecule has 0 saturated carbocycles. The van der Waals surface area contributed by atoms with Gasteiger partial charge in [0.1, 0.15) is 0 Å². The SMILES string of the molecule is Cc1ccc(C(=O)NNC(=O)/C=C/c2ccccc2C)cc1. The Bertz CT molecular complexity index is 703. The first kappa shape index (κ1) is 15.5. The molecule has 0 radical (unpaired) electrons. The number of hydrazine groups is 1. The first-order valence-corrected chi connectivity index (χ1v) is 6.97. The second-order valence-corrected chi connectivity index (χ2v) is 5.00. The molecule has 0 atom stereocenters. The highest BCUT2D eigenvalue weighted by molar-refractivity contribution is 5.97. The fourth-order valence-electron chi connectivity index (χ4n) is 1.88. The largest absolute Gasteiger partial charge is 0.269 e. The maximum absolute atomic E-state index is 11.8. The molecule has 112 valence electrons. The van der Waals surface area contributed by atoms with Crippen LogP contribution in [0.15, 0.2) is 54.6 Å². The summed E-state index contributed by atoms with van der Waals surface area (Å²) < 4.78 is 0. The van der Waals surface area contributed by atoms with E-state index >= 15 is 0 Å². The molecule has 2 amide bonds. The average molecular weight is 294 g/mol. The molecule has 0 unspecified atom stereocenters.